The molecule has 3 atom stereocenters. The molecule has 0 aromatic heterocycles. The summed E-state index contributed by atoms with van der Waals surface area (Å²) in [6.07, 6.45) is 2.57. The maximum atomic E-state index is 14.0. The molecule has 1 N–H and O–H groups in total. The van der Waals surface area contributed by atoms with Crippen LogP contribution in [0.1, 0.15) is 34.0 Å². The van der Waals surface area contributed by atoms with Crippen LogP contribution in [0.15, 0.2) is 48.5 Å². The van der Waals surface area contributed by atoms with Crippen LogP contribution in [-0.2, 0) is 4.74 Å². The molecule has 1 aliphatic heterocycles. The first-order valence-electron chi connectivity index (χ1n) is 9.03. The Labute approximate surface area is 154 Å². The lowest BCUT2D eigenvalue weighted by atomic mass is 9.77. The van der Waals surface area contributed by atoms with Gasteiger partial charge in [0.05, 0.1) is 6.10 Å². The zero-order chi connectivity index (χ0) is 18.5. The van der Waals surface area contributed by atoms with Gasteiger partial charge in [0.2, 0.25) is 0 Å². The molecule has 0 aliphatic carbocycles. The van der Waals surface area contributed by atoms with E-state index in [1.54, 1.807) is 20.1 Å². The highest BCUT2D eigenvalue weighted by Crippen LogP contribution is 2.34. The van der Waals surface area contributed by atoms with Crippen LogP contribution in [0.25, 0.3) is 0 Å². The van der Waals surface area contributed by atoms with Crippen molar-refractivity contribution in [3.8, 4) is 0 Å². The summed E-state index contributed by atoms with van der Waals surface area (Å²) in [6.45, 7) is 3.19. The van der Waals surface area contributed by atoms with Crippen molar-refractivity contribution in [2.24, 2.45) is 11.8 Å². The van der Waals surface area contributed by atoms with Crippen LogP contribution >= 0.6 is 0 Å². The van der Waals surface area contributed by atoms with Crippen LogP contribution in [0.5, 0.6) is 0 Å². The van der Waals surface area contributed by atoms with Gasteiger partial charge < -0.3 is 10.1 Å². The predicted molar refractivity (Wildman–Crippen MR) is 100 cm³/mol. The lowest BCUT2D eigenvalue weighted by Crippen LogP contribution is -2.42. The molecule has 1 fully saturated rings. The first kappa shape index (κ1) is 18.7. The average molecular weight is 354 g/mol. The van der Waals surface area contributed by atoms with Gasteiger partial charge in [-0.05, 0) is 49.4 Å². The highest BCUT2D eigenvalue weighted by Gasteiger charge is 2.34. The third-order valence-corrected chi connectivity index (χ3v) is 5.27. The normalized spacial score (nSPS) is 21.3. The molecule has 1 unspecified atom stereocenters. The van der Waals surface area contributed by atoms with Crippen molar-refractivity contribution in [3.63, 3.8) is 0 Å². The molecule has 1 heterocycles. The first-order chi connectivity index (χ1) is 12.6. The summed E-state index contributed by atoms with van der Waals surface area (Å²) in [6, 6.07) is 14.5. The molecule has 0 amide bonds. The lowest BCUT2D eigenvalue weighted by Gasteiger charge is -2.33. The summed E-state index contributed by atoms with van der Waals surface area (Å²) < 4.78 is 19.6. The van der Waals surface area contributed by atoms with Crippen LogP contribution in [0.4, 0.5) is 4.39 Å². The summed E-state index contributed by atoms with van der Waals surface area (Å²) in [7, 11) is 1.64. The van der Waals surface area contributed by atoms with Gasteiger partial charge in [0, 0.05) is 25.1 Å². The Bertz CT molecular complexity index is 747. The van der Waals surface area contributed by atoms with Crippen molar-refractivity contribution in [1.82, 2.24) is 5.32 Å². The van der Waals surface area contributed by atoms with Gasteiger partial charge in [-0.25, -0.2) is 4.39 Å². The van der Waals surface area contributed by atoms with Crippen LogP contribution in [-0.4, -0.2) is 26.0 Å². The van der Waals surface area contributed by atoms with E-state index < -0.39 is 0 Å². The number of piperidine rings is 1. The van der Waals surface area contributed by atoms with Crippen molar-refractivity contribution in [2.75, 3.05) is 20.2 Å². The Morgan fingerprint density at radius 1 is 1.23 bits per heavy atom. The molecule has 26 heavy (non-hydrogen) atoms. The maximum absolute atomic E-state index is 14.0. The van der Waals surface area contributed by atoms with Crippen LogP contribution in [0.2, 0.25) is 0 Å². The smallest absolute Gasteiger partial charge is 0.167 e. The van der Waals surface area contributed by atoms with Gasteiger partial charge in [0.25, 0.3) is 0 Å². The molecule has 3 nitrogen and oxygen atoms in total. The molecule has 0 spiro atoms. The average Bonchev–Trinajstić information content (AvgIpc) is 2.69. The maximum Gasteiger partial charge on any atom is 0.167 e. The zero-order valence-electron chi connectivity index (χ0n) is 15.2. The van der Waals surface area contributed by atoms with Gasteiger partial charge >= 0.3 is 0 Å². The highest BCUT2D eigenvalue weighted by atomic mass is 19.1. The topological polar surface area (TPSA) is 38.3 Å². The second-order valence-corrected chi connectivity index (χ2v) is 6.81. The molecule has 2 aromatic carbocycles. The molecular weight excluding hydrogens is 329 g/mol. The van der Waals surface area contributed by atoms with E-state index in [-0.39, 0.29) is 29.5 Å². The summed E-state index contributed by atoms with van der Waals surface area (Å²) in [5, 5.41) is 3.29. The fourth-order valence-electron chi connectivity index (χ4n) is 3.72. The number of ketones is 1. The Hall–Kier alpha value is -2.04. The minimum Gasteiger partial charge on any atom is -0.377 e. The quantitative estimate of drug-likeness (QED) is 0.793. The third-order valence-electron chi connectivity index (χ3n) is 5.27. The minimum atomic E-state index is -0.240. The predicted octanol–water partition coefficient (Wildman–Crippen LogP) is 4.13. The number of carbonyl (C=O) groups excluding carboxylic acids is 1. The number of nitrogens with one attached hydrogen (secondary N) is 1. The molecule has 0 saturated carbocycles. The summed E-state index contributed by atoms with van der Waals surface area (Å²) in [5.74, 6) is -0.144. The van der Waals surface area contributed by atoms with Gasteiger partial charge in [-0.1, -0.05) is 42.5 Å². The molecule has 2 aromatic rings. The fourth-order valence-corrected chi connectivity index (χ4v) is 3.72. The molecule has 4 heteroatoms. The van der Waals surface area contributed by atoms with Crippen LogP contribution < -0.4 is 5.32 Å². The van der Waals surface area contributed by atoms with Crippen LogP contribution in [0, 0.1) is 31.0 Å². The number of methoxy groups -OCH3 is 1. The zero-order valence-corrected chi connectivity index (χ0v) is 15.2. The van der Waals surface area contributed by atoms with Crippen molar-refractivity contribution in [3.05, 3.63) is 77.5 Å². The largest absolute Gasteiger partial charge is 0.377 e. The molecule has 1 saturated heterocycles. The summed E-state index contributed by atoms with van der Waals surface area (Å²) in [5.41, 5.74) is 2.19. The summed E-state index contributed by atoms with van der Waals surface area (Å²) >= 11 is 0. The number of carbonyl (C=O) groups is 1. The van der Waals surface area contributed by atoms with E-state index in [9.17, 15) is 9.18 Å². The molecule has 3 rings (SSSR count). The van der Waals surface area contributed by atoms with Crippen molar-refractivity contribution in [1.29, 1.82) is 0 Å². The number of benzene rings is 2. The van der Waals surface area contributed by atoms with E-state index in [1.165, 1.54) is 6.07 Å². The van der Waals surface area contributed by atoms with Gasteiger partial charge in [-0.15, -0.1) is 0 Å². The number of hydrogen-bond acceptors (Lipinski definition) is 3. The fraction of sp³-hybridized carbons (Fsp3) is 0.364. The van der Waals surface area contributed by atoms with Crippen molar-refractivity contribution >= 4 is 5.78 Å². The molecular formula is C22H25FNO2. The Kier molecular flexibility index (Phi) is 6.17. The van der Waals surface area contributed by atoms with E-state index >= 15 is 0 Å². The van der Waals surface area contributed by atoms with Crippen molar-refractivity contribution in [2.45, 2.75) is 19.4 Å². The SMILES string of the molecule is COC(C[C@H]1[CH]CNC[C@@H]1C(=O)c1ccccc1)c1cccc(F)c1C. The number of rotatable bonds is 6. The number of halogens is 1. The molecule has 1 radical (unpaired) electrons. The Morgan fingerprint density at radius 3 is 2.73 bits per heavy atom. The van der Waals surface area contributed by atoms with E-state index in [4.69, 9.17) is 4.74 Å². The Morgan fingerprint density at radius 2 is 2.00 bits per heavy atom. The molecule has 137 valence electrons. The lowest BCUT2D eigenvalue weighted by molar-refractivity contribution is 0.0633. The molecule has 1 aliphatic rings. The second-order valence-electron chi connectivity index (χ2n) is 6.81. The third kappa shape index (κ3) is 4.02. The van der Waals surface area contributed by atoms with Gasteiger partial charge in [-0.2, -0.15) is 0 Å². The first-order valence-corrected chi connectivity index (χ1v) is 9.03. The Balaban J connectivity index is 1.81. The monoisotopic (exact) mass is 354 g/mol. The summed E-state index contributed by atoms with van der Waals surface area (Å²) in [4.78, 5) is 13.0. The van der Waals surface area contributed by atoms with E-state index in [1.807, 2.05) is 36.4 Å². The van der Waals surface area contributed by atoms with Gasteiger partial charge in [0.1, 0.15) is 5.82 Å². The number of ether oxygens (including phenoxy) is 1. The second kappa shape index (κ2) is 8.56. The van der Waals surface area contributed by atoms with E-state index in [0.29, 0.717) is 18.5 Å². The standard InChI is InChI=1S/C22H25FNO2/c1-15-18(9-6-10-20(15)23)21(26-2)13-17-11-12-24-14-19(17)22(25)16-7-4-3-5-8-16/h3-11,17,19,21,24H,12-14H2,1-2H3/t17-,19+,21?/m1/s1. The highest BCUT2D eigenvalue weighted by molar-refractivity contribution is 5.98. The van der Waals surface area contributed by atoms with E-state index in [2.05, 4.69) is 11.7 Å². The van der Waals surface area contributed by atoms with Crippen LogP contribution in [0.3, 0.4) is 0 Å². The minimum absolute atomic E-state index is 0.0802. The van der Waals surface area contributed by atoms with Gasteiger partial charge in [0.15, 0.2) is 5.78 Å². The number of hydrogen-bond donors (Lipinski definition) is 1. The van der Waals surface area contributed by atoms with E-state index in [0.717, 1.165) is 17.7 Å². The van der Waals surface area contributed by atoms with Crippen molar-refractivity contribution < 1.29 is 13.9 Å². The number of Topliss-reactive ketones (excluding diaryl/α,β-unsaturated/α-hetero) is 1. The molecule has 0 bridgehead atoms. The van der Waals surface area contributed by atoms with Gasteiger partial charge in [-0.3, -0.25) is 4.79 Å².